The maximum absolute atomic E-state index is 4.91. The van der Waals surface area contributed by atoms with Gasteiger partial charge in [-0.1, -0.05) is 60.2 Å². The number of rotatable bonds is 3. The highest BCUT2D eigenvalue weighted by molar-refractivity contribution is 5.68. The second-order valence-electron chi connectivity index (χ2n) is 6.76. The van der Waals surface area contributed by atoms with Crippen molar-refractivity contribution in [1.29, 1.82) is 0 Å². The summed E-state index contributed by atoms with van der Waals surface area (Å²) in [6, 6.07) is 20.9. The average Bonchev–Trinajstić information content (AvgIpc) is 2.98. The molecule has 0 spiro atoms. The van der Waals surface area contributed by atoms with Crippen molar-refractivity contribution in [2.24, 2.45) is 0 Å². The highest BCUT2D eigenvalue weighted by Gasteiger charge is 2.15. The molecular weight excluding hydrogens is 320 g/mol. The lowest BCUT2D eigenvalue weighted by atomic mass is 10.1. The van der Waals surface area contributed by atoms with E-state index in [1.165, 1.54) is 5.56 Å². The Kier molecular flexibility index (Phi) is 4.93. The third-order valence-electron chi connectivity index (χ3n) is 4.76. The first-order valence-electron chi connectivity index (χ1n) is 9.27. The summed E-state index contributed by atoms with van der Waals surface area (Å²) >= 11 is 0. The summed E-state index contributed by atoms with van der Waals surface area (Å²) in [6.07, 6.45) is 1.13. The van der Waals surface area contributed by atoms with Crippen molar-refractivity contribution in [3.63, 3.8) is 0 Å². The van der Waals surface area contributed by atoms with Crippen LogP contribution in [0.25, 0.3) is 22.6 Å². The Bertz CT molecular complexity index is 851. The van der Waals surface area contributed by atoms with Crippen molar-refractivity contribution in [2.75, 3.05) is 31.1 Å². The van der Waals surface area contributed by atoms with Gasteiger partial charge in [-0.25, -0.2) is 9.97 Å². The summed E-state index contributed by atoms with van der Waals surface area (Å²) < 4.78 is 0. The molecule has 0 unspecified atom stereocenters. The van der Waals surface area contributed by atoms with Crippen LogP contribution in [0.2, 0.25) is 0 Å². The summed E-state index contributed by atoms with van der Waals surface area (Å²) in [7, 11) is 0. The lowest BCUT2D eigenvalue weighted by molar-refractivity contribution is 0.724. The van der Waals surface area contributed by atoms with E-state index in [0.717, 1.165) is 61.1 Å². The lowest BCUT2D eigenvalue weighted by Gasteiger charge is -2.22. The number of benzene rings is 2. The summed E-state index contributed by atoms with van der Waals surface area (Å²) in [6.45, 7) is 6.15. The molecule has 4 rings (SSSR count). The molecule has 4 nitrogen and oxygen atoms in total. The SMILES string of the molecule is Cc1ccc(-c2nc(-c3ccccc3)cc(N3CCCNCC3)n2)cc1. The van der Waals surface area contributed by atoms with E-state index in [-0.39, 0.29) is 0 Å². The van der Waals surface area contributed by atoms with Crippen molar-refractivity contribution < 1.29 is 0 Å². The van der Waals surface area contributed by atoms with Crippen molar-refractivity contribution in [3.05, 3.63) is 66.2 Å². The quantitative estimate of drug-likeness (QED) is 0.782. The molecule has 4 heteroatoms. The van der Waals surface area contributed by atoms with Crippen molar-refractivity contribution in [3.8, 4) is 22.6 Å². The van der Waals surface area contributed by atoms with E-state index in [1.54, 1.807) is 0 Å². The number of hydrogen-bond acceptors (Lipinski definition) is 4. The number of nitrogens with zero attached hydrogens (tertiary/aromatic N) is 3. The van der Waals surface area contributed by atoms with Crippen LogP contribution in [0.4, 0.5) is 5.82 Å². The highest BCUT2D eigenvalue weighted by atomic mass is 15.2. The van der Waals surface area contributed by atoms with Crippen LogP contribution in [-0.2, 0) is 0 Å². The summed E-state index contributed by atoms with van der Waals surface area (Å²) in [5.41, 5.74) is 4.40. The molecule has 1 fully saturated rings. The molecule has 1 N–H and O–H groups in total. The zero-order valence-corrected chi connectivity index (χ0v) is 15.2. The van der Waals surface area contributed by atoms with E-state index < -0.39 is 0 Å². The minimum atomic E-state index is 0.790. The summed E-state index contributed by atoms with van der Waals surface area (Å²) in [4.78, 5) is 12.1. The third kappa shape index (κ3) is 3.75. The second-order valence-corrected chi connectivity index (χ2v) is 6.76. The zero-order valence-electron chi connectivity index (χ0n) is 15.2. The number of aromatic nitrogens is 2. The largest absolute Gasteiger partial charge is 0.355 e. The van der Waals surface area contributed by atoms with Gasteiger partial charge in [0.1, 0.15) is 5.82 Å². The molecule has 0 aliphatic carbocycles. The Morgan fingerprint density at radius 2 is 1.65 bits per heavy atom. The Labute approximate surface area is 154 Å². The second kappa shape index (κ2) is 7.67. The number of nitrogens with one attached hydrogen (secondary N) is 1. The van der Waals surface area contributed by atoms with E-state index in [9.17, 15) is 0 Å². The van der Waals surface area contributed by atoms with E-state index in [2.05, 4.69) is 71.7 Å². The Morgan fingerprint density at radius 1 is 0.846 bits per heavy atom. The summed E-state index contributed by atoms with van der Waals surface area (Å²) in [5.74, 6) is 1.80. The molecule has 0 bridgehead atoms. The summed E-state index contributed by atoms with van der Waals surface area (Å²) in [5, 5.41) is 3.46. The van der Waals surface area contributed by atoms with Crippen molar-refractivity contribution in [2.45, 2.75) is 13.3 Å². The molecule has 1 aliphatic heterocycles. The van der Waals surface area contributed by atoms with Crippen LogP contribution < -0.4 is 10.2 Å². The fraction of sp³-hybridized carbons (Fsp3) is 0.273. The first-order chi connectivity index (χ1) is 12.8. The molecule has 1 aromatic heterocycles. The van der Waals surface area contributed by atoms with Gasteiger partial charge in [0, 0.05) is 36.8 Å². The minimum absolute atomic E-state index is 0.790. The first kappa shape index (κ1) is 16.7. The minimum Gasteiger partial charge on any atom is -0.355 e. The highest BCUT2D eigenvalue weighted by Crippen LogP contribution is 2.26. The van der Waals surface area contributed by atoms with Gasteiger partial charge in [-0.15, -0.1) is 0 Å². The molecule has 2 aromatic carbocycles. The van der Waals surface area contributed by atoms with Crippen LogP contribution in [0.5, 0.6) is 0 Å². The van der Waals surface area contributed by atoms with Crippen LogP contribution in [0.3, 0.4) is 0 Å². The van der Waals surface area contributed by atoms with Crippen molar-refractivity contribution >= 4 is 5.82 Å². The lowest BCUT2D eigenvalue weighted by Crippen LogP contribution is -2.28. The van der Waals surface area contributed by atoms with Gasteiger partial charge < -0.3 is 10.2 Å². The molecule has 2 heterocycles. The van der Waals surface area contributed by atoms with E-state index in [0.29, 0.717) is 0 Å². The predicted molar refractivity (Wildman–Crippen MR) is 107 cm³/mol. The molecule has 26 heavy (non-hydrogen) atoms. The molecule has 0 saturated carbocycles. The predicted octanol–water partition coefficient (Wildman–Crippen LogP) is 3.92. The topological polar surface area (TPSA) is 41.1 Å². The van der Waals surface area contributed by atoms with Crippen LogP contribution in [0, 0.1) is 6.92 Å². The van der Waals surface area contributed by atoms with Crippen LogP contribution in [0.15, 0.2) is 60.7 Å². The standard InChI is InChI=1S/C22H24N4/c1-17-8-10-19(11-9-17)22-24-20(18-6-3-2-4-7-18)16-21(25-22)26-14-5-12-23-13-15-26/h2-4,6-11,16,23H,5,12-15H2,1H3. The smallest absolute Gasteiger partial charge is 0.162 e. The molecule has 0 atom stereocenters. The van der Waals surface area contributed by atoms with E-state index in [4.69, 9.17) is 9.97 Å². The zero-order chi connectivity index (χ0) is 17.8. The Morgan fingerprint density at radius 3 is 2.46 bits per heavy atom. The third-order valence-corrected chi connectivity index (χ3v) is 4.76. The van der Waals surface area contributed by atoms with Gasteiger partial charge in [0.05, 0.1) is 5.69 Å². The van der Waals surface area contributed by atoms with Gasteiger partial charge in [-0.2, -0.15) is 0 Å². The van der Waals surface area contributed by atoms with Gasteiger partial charge in [-0.05, 0) is 19.9 Å². The van der Waals surface area contributed by atoms with E-state index in [1.807, 2.05) is 6.07 Å². The van der Waals surface area contributed by atoms with Gasteiger partial charge in [0.25, 0.3) is 0 Å². The number of anilines is 1. The number of hydrogen-bond donors (Lipinski definition) is 1. The maximum atomic E-state index is 4.91. The fourth-order valence-electron chi connectivity index (χ4n) is 3.26. The maximum Gasteiger partial charge on any atom is 0.162 e. The number of aryl methyl sites for hydroxylation is 1. The van der Waals surface area contributed by atoms with Gasteiger partial charge in [-0.3, -0.25) is 0 Å². The molecular formula is C22H24N4. The molecule has 1 saturated heterocycles. The van der Waals surface area contributed by atoms with Crippen LogP contribution in [0.1, 0.15) is 12.0 Å². The monoisotopic (exact) mass is 344 g/mol. The Balaban J connectivity index is 1.80. The fourth-order valence-corrected chi connectivity index (χ4v) is 3.26. The van der Waals surface area contributed by atoms with Crippen LogP contribution >= 0.6 is 0 Å². The molecule has 3 aromatic rings. The molecule has 0 amide bonds. The normalized spacial score (nSPS) is 14.9. The molecule has 132 valence electrons. The van der Waals surface area contributed by atoms with Gasteiger partial charge in [0.15, 0.2) is 5.82 Å². The average molecular weight is 344 g/mol. The van der Waals surface area contributed by atoms with E-state index >= 15 is 0 Å². The Hall–Kier alpha value is -2.72. The van der Waals surface area contributed by atoms with Crippen molar-refractivity contribution in [1.82, 2.24) is 15.3 Å². The van der Waals surface area contributed by atoms with Gasteiger partial charge in [0.2, 0.25) is 0 Å². The molecule has 1 aliphatic rings. The van der Waals surface area contributed by atoms with Crippen LogP contribution in [-0.4, -0.2) is 36.1 Å². The molecule has 0 radical (unpaired) electrons. The first-order valence-corrected chi connectivity index (χ1v) is 9.27. The van der Waals surface area contributed by atoms with Gasteiger partial charge >= 0.3 is 0 Å².